The molecule has 1 aromatic heterocycles. The molecule has 0 aliphatic carbocycles. The second kappa shape index (κ2) is 7.19. The van der Waals surface area contributed by atoms with Gasteiger partial charge in [0.1, 0.15) is 18.1 Å². The number of hydrogen-bond acceptors (Lipinski definition) is 6. The highest BCUT2D eigenvalue weighted by atomic mass is 35.5. The molecule has 0 aliphatic heterocycles. The van der Waals surface area contributed by atoms with Crippen molar-refractivity contribution in [1.82, 2.24) is 5.16 Å². The Kier molecular flexibility index (Phi) is 5.87. The van der Waals surface area contributed by atoms with Crippen LogP contribution in [0.4, 0.5) is 5.69 Å². The zero-order valence-electron chi connectivity index (χ0n) is 11.4. The number of methoxy groups -OCH3 is 1. The average molecular weight is 333 g/mol. The van der Waals surface area contributed by atoms with E-state index in [4.69, 9.17) is 26.6 Å². The molecule has 2 N–H and O–H groups in total. The molecule has 8 heteroatoms. The van der Waals surface area contributed by atoms with Crippen LogP contribution in [0.15, 0.2) is 22.7 Å². The maximum Gasteiger partial charge on any atom is 0.360 e. The summed E-state index contributed by atoms with van der Waals surface area (Å²) >= 11 is 6.00. The number of hydrogen-bond donors (Lipinski definition) is 1. The molecular weight excluding hydrogens is 319 g/mol. The molecule has 0 radical (unpaired) electrons. The monoisotopic (exact) mass is 332 g/mol. The van der Waals surface area contributed by atoms with Crippen molar-refractivity contribution in [2.45, 2.75) is 13.5 Å². The molecule has 21 heavy (non-hydrogen) atoms. The summed E-state index contributed by atoms with van der Waals surface area (Å²) < 4.78 is 15.2. The molecule has 0 bridgehead atoms. The number of halogens is 2. The zero-order valence-corrected chi connectivity index (χ0v) is 13.0. The van der Waals surface area contributed by atoms with Crippen molar-refractivity contribution in [1.29, 1.82) is 0 Å². The van der Waals surface area contributed by atoms with Gasteiger partial charge < -0.3 is 19.7 Å². The summed E-state index contributed by atoms with van der Waals surface area (Å²) in [5.41, 5.74) is 6.75. The third kappa shape index (κ3) is 3.80. The lowest BCUT2D eigenvalue weighted by Gasteiger charge is -2.08. The number of esters is 1. The van der Waals surface area contributed by atoms with Gasteiger partial charge in [-0.3, -0.25) is 0 Å². The molecule has 1 heterocycles. The van der Waals surface area contributed by atoms with Gasteiger partial charge in [0.2, 0.25) is 0 Å². The Morgan fingerprint density at radius 2 is 2.19 bits per heavy atom. The van der Waals surface area contributed by atoms with Gasteiger partial charge in [0.25, 0.3) is 0 Å². The van der Waals surface area contributed by atoms with Crippen molar-refractivity contribution in [2.24, 2.45) is 0 Å². The lowest BCUT2D eigenvalue weighted by Crippen LogP contribution is -2.08. The fourth-order valence-electron chi connectivity index (χ4n) is 1.60. The molecular formula is C13H14Cl2N2O4. The summed E-state index contributed by atoms with van der Waals surface area (Å²) in [5.74, 6) is 0.359. The van der Waals surface area contributed by atoms with E-state index >= 15 is 0 Å². The van der Waals surface area contributed by atoms with Crippen molar-refractivity contribution in [2.75, 3.05) is 12.8 Å². The number of nitrogens with two attached hydrogens (primary N) is 1. The normalized spacial score (nSPS) is 9.86. The molecule has 0 saturated carbocycles. The molecule has 0 unspecified atom stereocenters. The fourth-order valence-corrected chi connectivity index (χ4v) is 1.85. The van der Waals surface area contributed by atoms with E-state index in [0.717, 1.165) is 0 Å². The standard InChI is InChI=1S/C13H13ClN2O4.ClH/c1-7-9(12(16-20-7)13(17)18-2)6-19-11-4-3-8(15)5-10(11)14;/h3-5H,6,15H2,1-2H3;1H. The van der Waals surface area contributed by atoms with Crippen LogP contribution >= 0.6 is 24.0 Å². The topological polar surface area (TPSA) is 87.6 Å². The minimum absolute atomic E-state index is 0. The molecule has 0 fully saturated rings. The van der Waals surface area contributed by atoms with Gasteiger partial charge in [-0.25, -0.2) is 4.79 Å². The molecule has 6 nitrogen and oxygen atoms in total. The lowest BCUT2D eigenvalue weighted by molar-refractivity contribution is 0.0586. The number of anilines is 1. The Balaban J connectivity index is 0.00000220. The first-order valence-electron chi connectivity index (χ1n) is 5.74. The highest BCUT2D eigenvalue weighted by Crippen LogP contribution is 2.28. The van der Waals surface area contributed by atoms with E-state index in [1.54, 1.807) is 25.1 Å². The Morgan fingerprint density at radius 3 is 2.81 bits per heavy atom. The van der Waals surface area contributed by atoms with Crippen LogP contribution in [0.5, 0.6) is 5.75 Å². The number of carbonyl (C=O) groups is 1. The Morgan fingerprint density at radius 1 is 1.48 bits per heavy atom. The molecule has 2 rings (SSSR count). The molecule has 1 aromatic carbocycles. The Hall–Kier alpha value is -1.92. The van der Waals surface area contributed by atoms with Crippen LogP contribution in [0, 0.1) is 6.92 Å². The number of nitrogens with zero attached hydrogens (tertiary/aromatic N) is 1. The van der Waals surface area contributed by atoms with Crippen LogP contribution < -0.4 is 10.5 Å². The van der Waals surface area contributed by atoms with Gasteiger partial charge in [0.15, 0.2) is 5.69 Å². The zero-order chi connectivity index (χ0) is 14.7. The van der Waals surface area contributed by atoms with E-state index in [9.17, 15) is 4.79 Å². The predicted octanol–water partition coefficient (Wildman–Crippen LogP) is 3.01. The first kappa shape index (κ1) is 17.1. The van der Waals surface area contributed by atoms with Gasteiger partial charge in [-0.15, -0.1) is 12.4 Å². The fraction of sp³-hybridized carbons (Fsp3) is 0.231. The number of benzene rings is 1. The molecule has 0 aliphatic rings. The van der Waals surface area contributed by atoms with Crippen LogP contribution in [-0.4, -0.2) is 18.2 Å². The Labute approximate surface area is 132 Å². The van der Waals surface area contributed by atoms with Crippen LogP contribution in [0.3, 0.4) is 0 Å². The van der Waals surface area contributed by atoms with E-state index in [2.05, 4.69) is 9.89 Å². The number of carbonyl (C=O) groups excluding carboxylic acids is 1. The van der Waals surface area contributed by atoms with E-state index in [-0.39, 0.29) is 24.7 Å². The lowest BCUT2D eigenvalue weighted by atomic mass is 10.2. The molecule has 114 valence electrons. The van der Waals surface area contributed by atoms with E-state index in [1.807, 2.05) is 0 Å². The van der Waals surface area contributed by atoms with Crippen molar-refractivity contribution in [3.63, 3.8) is 0 Å². The van der Waals surface area contributed by atoms with Crippen molar-refractivity contribution in [3.8, 4) is 5.75 Å². The van der Waals surface area contributed by atoms with Gasteiger partial charge in [-0.1, -0.05) is 16.8 Å². The number of nitrogen functional groups attached to an aromatic ring is 1. The maximum atomic E-state index is 11.5. The van der Waals surface area contributed by atoms with Crippen molar-refractivity contribution in [3.05, 3.63) is 40.2 Å². The summed E-state index contributed by atoms with van der Waals surface area (Å²) in [5, 5.41) is 4.04. The summed E-state index contributed by atoms with van der Waals surface area (Å²) in [6, 6.07) is 4.90. The van der Waals surface area contributed by atoms with Crippen LogP contribution in [0.1, 0.15) is 21.8 Å². The number of aryl methyl sites for hydroxylation is 1. The smallest absolute Gasteiger partial charge is 0.360 e. The molecule has 2 aromatic rings. The highest BCUT2D eigenvalue weighted by Gasteiger charge is 2.21. The summed E-state index contributed by atoms with van der Waals surface area (Å²) in [6.45, 7) is 1.77. The van der Waals surface area contributed by atoms with E-state index in [1.165, 1.54) is 7.11 Å². The maximum absolute atomic E-state index is 11.5. The van der Waals surface area contributed by atoms with Gasteiger partial charge >= 0.3 is 5.97 Å². The quantitative estimate of drug-likeness (QED) is 0.684. The SMILES string of the molecule is COC(=O)c1noc(C)c1COc1ccc(N)cc1Cl.Cl. The van der Waals surface area contributed by atoms with Crippen LogP contribution in [0.25, 0.3) is 0 Å². The van der Waals surface area contributed by atoms with Crippen LogP contribution in [-0.2, 0) is 11.3 Å². The molecule has 0 spiro atoms. The van der Waals surface area contributed by atoms with Gasteiger partial charge in [0, 0.05) is 5.69 Å². The summed E-state index contributed by atoms with van der Waals surface area (Å²) in [4.78, 5) is 11.5. The minimum atomic E-state index is -0.580. The summed E-state index contributed by atoms with van der Waals surface area (Å²) in [7, 11) is 1.27. The number of ether oxygens (including phenoxy) is 2. The van der Waals surface area contributed by atoms with E-state index in [0.29, 0.717) is 27.8 Å². The predicted molar refractivity (Wildman–Crippen MR) is 80.0 cm³/mol. The number of aromatic nitrogens is 1. The van der Waals surface area contributed by atoms with Crippen molar-refractivity contribution < 1.29 is 18.8 Å². The number of rotatable bonds is 4. The third-order valence-electron chi connectivity index (χ3n) is 2.69. The third-order valence-corrected chi connectivity index (χ3v) is 2.99. The van der Waals surface area contributed by atoms with E-state index < -0.39 is 5.97 Å². The molecule has 0 amide bonds. The average Bonchev–Trinajstić information content (AvgIpc) is 2.78. The van der Waals surface area contributed by atoms with Crippen molar-refractivity contribution >= 4 is 35.7 Å². The second-order valence-electron chi connectivity index (χ2n) is 4.04. The van der Waals surface area contributed by atoms with Gasteiger partial charge in [0.05, 0.1) is 17.7 Å². The first-order chi connectivity index (χ1) is 9.52. The molecule has 0 saturated heterocycles. The second-order valence-corrected chi connectivity index (χ2v) is 4.44. The van der Waals surface area contributed by atoms with Gasteiger partial charge in [-0.05, 0) is 25.1 Å². The molecule has 0 atom stereocenters. The summed E-state index contributed by atoms with van der Waals surface area (Å²) in [6.07, 6.45) is 0. The van der Waals surface area contributed by atoms with Crippen LogP contribution in [0.2, 0.25) is 5.02 Å². The minimum Gasteiger partial charge on any atom is -0.487 e. The highest BCUT2D eigenvalue weighted by molar-refractivity contribution is 6.32. The Bertz CT molecular complexity index is 643. The first-order valence-corrected chi connectivity index (χ1v) is 6.12. The van der Waals surface area contributed by atoms with Gasteiger partial charge in [-0.2, -0.15) is 0 Å². The largest absolute Gasteiger partial charge is 0.487 e.